The average Bonchev–Trinajstić information content (AvgIpc) is 2.96. The van der Waals surface area contributed by atoms with Crippen molar-refractivity contribution in [2.24, 2.45) is 0 Å². The van der Waals surface area contributed by atoms with Crippen LogP contribution in [0.5, 0.6) is 0 Å². The summed E-state index contributed by atoms with van der Waals surface area (Å²) < 4.78 is 5.44. The van der Waals surface area contributed by atoms with Crippen LogP contribution in [0, 0.1) is 0 Å². The predicted molar refractivity (Wildman–Crippen MR) is 179 cm³/mol. The van der Waals surface area contributed by atoms with Gasteiger partial charge in [0.15, 0.2) is 0 Å². The third kappa shape index (κ3) is 35.5. The smallest absolute Gasteiger partial charge is 0.305 e. The van der Waals surface area contributed by atoms with Crippen LogP contribution in [0.2, 0.25) is 0 Å². The minimum atomic E-state index is 0.0286. The van der Waals surface area contributed by atoms with E-state index in [0.29, 0.717) is 13.0 Å². The molecular formula is C38H76O2. The van der Waals surface area contributed by atoms with Crippen LogP contribution in [0.3, 0.4) is 0 Å². The van der Waals surface area contributed by atoms with Crippen molar-refractivity contribution in [2.45, 2.75) is 232 Å². The molecule has 0 saturated heterocycles. The van der Waals surface area contributed by atoms with Crippen LogP contribution in [0.25, 0.3) is 0 Å². The first-order valence-electron chi connectivity index (χ1n) is 19.0. The Hall–Kier alpha value is -0.530. The Kier molecular flexibility index (Phi) is 36.0. The van der Waals surface area contributed by atoms with Gasteiger partial charge in [-0.3, -0.25) is 4.79 Å². The molecule has 0 saturated carbocycles. The maximum Gasteiger partial charge on any atom is 0.305 e. The normalized spacial score (nSPS) is 11.3. The third-order valence-corrected chi connectivity index (χ3v) is 8.75. The number of esters is 1. The Bertz CT molecular complexity index is 460. The molecule has 0 bridgehead atoms. The number of carbonyl (C=O) groups is 1. The van der Waals surface area contributed by atoms with E-state index in [1.165, 1.54) is 199 Å². The Labute approximate surface area is 254 Å². The van der Waals surface area contributed by atoms with Crippen LogP contribution >= 0.6 is 0 Å². The number of unbranched alkanes of at least 4 members (excludes halogenated alkanes) is 31. The molecule has 0 aromatic carbocycles. The fourth-order valence-electron chi connectivity index (χ4n) is 5.90. The Balaban J connectivity index is 3.13. The standard InChI is InChI=1S/C38H76O2/c1-3-5-7-9-11-13-15-17-18-19-20-21-22-23-24-25-26-28-30-32-34-36-38(39)40-37-35-33-31-29-27-16-14-12-10-8-6-4-2/h3-37H2,1-2H3. The summed E-state index contributed by atoms with van der Waals surface area (Å²) >= 11 is 0. The lowest BCUT2D eigenvalue weighted by Gasteiger charge is -2.06. The van der Waals surface area contributed by atoms with E-state index in [9.17, 15) is 4.79 Å². The van der Waals surface area contributed by atoms with E-state index in [2.05, 4.69) is 13.8 Å². The summed E-state index contributed by atoms with van der Waals surface area (Å²) in [5.74, 6) is 0.0286. The van der Waals surface area contributed by atoms with E-state index in [4.69, 9.17) is 4.74 Å². The van der Waals surface area contributed by atoms with Gasteiger partial charge in [0.25, 0.3) is 0 Å². The number of carbonyl (C=O) groups excluding carboxylic acids is 1. The molecule has 0 amide bonds. The molecule has 0 aromatic rings. The van der Waals surface area contributed by atoms with Crippen molar-refractivity contribution >= 4 is 5.97 Å². The van der Waals surface area contributed by atoms with Crippen LogP contribution in [0.1, 0.15) is 232 Å². The van der Waals surface area contributed by atoms with Crippen molar-refractivity contribution in [3.8, 4) is 0 Å². The van der Waals surface area contributed by atoms with Gasteiger partial charge < -0.3 is 4.74 Å². The Morgan fingerprint density at radius 2 is 0.550 bits per heavy atom. The van der Waals surface area contributed by atoms with Gasteiger partial charge in [-0.1, -0.05) is 213 Å². The molecule has 0 aliphatic carbocycles. The fraction of sp³-hybridized carbons (Fsp3) is 0.974. The minimum Gasteiger partial charge on any atom is -0.466 e. The second kappa shape index (κ2) is 36.5. The van der Waals surface area contributed by atoms with Crippen molar-refractivity contribution < 1.29 is 9.53 Å². The predicted octanol–water partition coefficient (Wildman–Crippen LogP) is 13.8. The molecule has 0 unspecified atom stereocenters. The van der Waals surface area contributed by atoms with E-state index in [1.54, 1.807) is 0 Å². The molecule has 0 aromatic heterocycles. The average molecular weight is 565 g/mol. The lowest BCUT2D eigenvalue weighted by molar-refractivity contribution is -0.143. The first-order valence-corrected chi connectivity index (χ1v) is 19.0. The minimum absolute atomic E-state index is 0.0286. The second-order valence-electron chi connectivity index (χ2n) is 12.9. The van der Waals surface area contributed by atoms with Gasteiger partial charge in [-0.2, -0.15) is 0 Å². The highest BCUT2D eigenvalue weighted by Gasteiger charge is 2.03. The monoisotopic (exact) mass is 565 g/mol. The summed E-state index contributed by atoms with van der Waals surface area (Å²) in [5, 5.41) is 0. The maximum atomic E-state index is 11.9. The summed E-state index contributed by atoms with van der Waals surface area (Å²) in [6.45, 7) is 5.22. The molecule has 0 rings (SSSR count). The molecule has 0 aliphatic rings. The molecule has 0 radical (unpaired) electrons. The summed E-state index contributed by atoms with van der Waals surface area (Å²) in [4.78, 5) is 11.9. The van der Waals surface area contributed by atoms with Gasteiger partial charge in [0, 0.05) is 6.42 Å². The van der Waals surface area contributed by atoms with Gasteiger partial charge in [0.05, 0.1) is 6.61 Å². The summed E-state index contributed by atoms with van der Waals surface area (Å²) in [5.41, 5.74) is 0. The van der Waals surface area contributed by atoms with Crippen LogP contribution in [-0.2, 0) is 9.53 Å². The van der Waals surface area contributed by atoms with Gasteiger partial charge in [-0.25, -0.2) is 0 Å². The SMILES string of the molecule is CCCCCCCCCCCCCCCCCCCCCCCC(=O)OCCCCCCCCCCCCCC. The maximum absolute atomic E-state index is 11.9. The highest BCUT2D eigenvalue weighted by atomic mass is 16.5. The van der Waals surface area contributed by atoms with Crippen molar-refractivity contribution in [3.05, 3.63) is 0 Å². The molecule has 40 heavy (non-hydrogen) atoms. The molecule has 2 heteroatoms. The van der Waals surface area contributed by atoms with Crippen molar-refractivity contribution in [3.63, 3.8) is 0 Å². The molecule has 0 atom stereocenters. The number of hydrogen-bond donors (Lipinski definition) is 0. The molecule has 0 N–H and O–H groups in total. The Morgan fingerprint density at radius 1 is 0.325 bits per heavy atom. The zero-order chi connectivity index (χ0) is 29.0. The molecule has 0 spiro atoms. The van der Waals surface area contributed by atoms with E-state index >= 15 is 0 Å². The first-order chi connectivity index (χ1) is 19.8. The summed E-state index contributed by atoms with van der Waals surface area (Å²) in [6, 6.07) is 0. The molecule has 0 fully saturated rings. The van der Waals surface area contributed by atoms with E-state index in [1.807, 2.05) is 0 Å². The fourth-order valence-corrected chi connectivity index (χ4v) is 5.90. The quantitative estimate of drug-likeness (QED) is 0.0565. The van der Waals surface area contributed by atoms with Gasteiger partial charge in [0.2, 0.25) is 0 Å². The first kappa shape index (κ1) is 39.5. The molecule has 240 valence electrons. The highest BCUT2D eigenvalue weighted by molar-refractivity contribution is 5.69. The topological polar surface area (TPSA) is 26.3 Å². The lowest BCUT2D eigenvalue weighted by atomic mass is 10.0. The van der Waals surface area contributed by atoms with Gasteiger partial charge >= 0.3 is 5.97 Å². The van der Waals surface area contributed by atoms with E-state index < -0.39 is 0 Å². The van der Waals surface area contributed by atoms with Crippen molar-refractivity contribution in [1.82, 2.24) is 0 Å². The van der Waals surface area contributed by atoms with Crippen molar-refractivity contribution in [2.75, 3.05) is 6.61 Å². The molecule has 0 heterocycles. The molecule has 2 nitrogen and oxygen atoms in total. The summed E-state index contributed by atoms with van der Waals surface area (Å²) in [6.07, 6.45) is 46.1. The molecular weight excluding hydrogens is 488 g/mol. The number of rotatable bonds is 35. The van der Waals surface area contributed by atoms with E-state index in [0.717, 1.165) is 12.8 Å². The number of hydrogen-bond acceptors (Lipinski definition) is 2. The van der Waals surface area contributed by atoms with Crippen LogP contribution in [-0.4, -0.2) is 12.6 Å². The largest absolute Gasteiger partial charge is 0.466 e. The van der Waals surface area contributed by atoms with Crippen LogP contribution in [0.4, 0.5) is 0 Å². The zero-order valence-electron chi connectivity index (χ0n) is 28.1. The van der Waals surface area contributed by atoms with E-state index in [-0.39, 0.29) is 5.97 Å². The Morgan fingerprint density at radius 3 is 0.825 bits per heavy atom. The van der Waals surface area contributed by atoms with Crippen molar-refractivity contribution in [1.29, 1.82) is 0 Å². The zero-order valence-corrected chi connectivity index (χ0v) is 28.1. The summed E-state index contributed by atoms with van der Waals surface area (Å²) in [7, 11) is 0. The van der Waals surface area contributed by atoms with Gasteiger partial charge in [-0.05, 0) is 12.8 Å². The van der Waals surface area contributed by atoms with Crippen LogP contribution in [0.15, 0.2) is 0 Å². The second-order valence-corrected chi connectivity index (χ2v) is 12.9. The third-order valence-electron chi connectivity index (χ3n) is 8.75. The molecule has 0 aliphatic heterocycles. The highest BCUT2D eigenvalue weighted by Crippen LogP contribution is 2.16. The number of ether oxygens (including phenoxy) is 1. The lowest BCUT2D eigenvalue weighted by Crippen LogP contribution is -2.05. The van der Waals surface area contributed by atoms with Gasteiger partial charge in [0.1, 0.15) is 0 Å². The van der Waals surface area contributed by atoms with Gasteiger partial charge in [-0.15, -0.1) is 0 Å². The van der Waals surface area contributed by atoms with Crippen LogP contribution < -0.4 is 0 Å².